The monoisotopic (exact) mass is 430 g/mol. The second kappa shape index (κ2) is 9.51. The van der Waals surface area contributed by atoms with Crippen molar-refractivity contribution in [3.05, 3.63) is 78.8 Å². The molecule has 0 aliphatic carbocycles. The molecule has 0 fully saturated rings. The lowest BCUT2D eigenvalue weighted by molar-refractivity contribution is 0.0943. The highest BCUT2D eigenvalue weighted by atomic mass is 16.5. The Balaban J connectivity index is 1.41. The number of imidazole rings is 1. The first-order chi connectivity index (χ1) is 15.5. The molecule has 7 nitrogen and oxygen atoms in total. The van der Waals surface area contributed by atoms with E-state index < -0.39 is 0 Å². The van der Waals surface area contributed by atoms with Gasteiger partial charge in [-0.3, -0.25) is 9.36 Å². The van der Waals surface area contributed by atoms with Crippen LogP contribution in [0.4, 0.5) is 0 Å². The molecule has 2 aromatic carbocycles. The Morgan fingerprint density at radius 2 is 1.84 bits per heavy atom. The third kappa shape index (κ3) is 5.06. The van der Waals surface area contributed by atoms with Gasteiger partial charge < -0.3 is 14.8 Å². The minimum Gasteiger partial charge on any atom is -0.490 e. The molecule has 0 aliphatic rings. The molecule has 32 heavy (non-hydrogen) atoms. The van der Waals surface area contributed by atoms with E-state index in [4.69, 9.17) is 9.47 Å². The number of carbonyl (C=O) groups is 1. The van der Waals surface area contributed by atoms with Crippen LogP contribution in [0.3, 0.4) is 0 Å². The number of rotatable bonds is 8. The van der Waals surface area contributed by atoms with Gasteiger partial charge in [0.15, 0.2) is 0 Å². The summed E-state index contributed by atoms with van der Waals surface area (Å²) in [6, 6.07) is 19.0. The molecule has 0 bridgehead atoms. The Hall–Kier alpha value is -3.87. The predicted octanol–water partition coefficient (Wildman–Crippen LogP) is 4.41. The van der Waals surface area contributed by atoms with Gasteiger partial charge in [-0.15, -0.1) is 0 Å². The summed E-state index contributed by atoms with van der Waals surface area (Å²) < 4.78 is 13.6. The Bertz CT molecular complexity index is 1190. The minimum atomic E-state index is -0.135. The maximum atomic E-state index is 12.3. The first kappa shape index (κ1) is 21.4. The number of ether oxygens (including phenoxy) is 2. The van der Waals surface area contributed by atoms with E-state index in [0.717, 1.165) is 22.5 Å². The zero-order chi connectivity index (χ0) is 22.5. The molecule has 7 heteroatoms. The molecule has 4 rings (SSSR count). The van der Waals surface area contributed by atoms with Crippen molar-refractivity contribution in [1.29, 1.82) is 0 Å². The zero-order valence-corrected chi connectivity index (χ0v) is 18.4. The summed E-state index contributed by atoms with van der Waals surface area (Å²) >= 11 is 0. The number of hydrogen-bond donors (Lipinski definition) is 1. The van der Waals surface area contributed by atoms with Gasteiger partial charge in [0.25, 0.3) is 5.91 Å². The van der Waals surface area contributed by atoms with Crippen LogP contribution in [0.5, 0.6) is 11.6 Å². The van der Waals surface area contributed by atoms with E-state index in [9.17, 15) is 4.79 Å². The average Bonchev–Trinajstić information content (AvgIpc) is 3.21. The molecule has 2 aromatic heterocycles. The topological polar surface area (TPSA) is 78.3 Å². The smallest absolute Gasteiger partial charge is 0.251 e. The molecular weight excluding hydrogens is 404 g/mol. The van der Waals surface area contributed by atoms with Crippen molar-refractivity contribution in [2.24, 2.45) is 0 Å². The van der Waals surface area contributed by atoms with Crippen LogP contribution < -0.4 is 14.8 Å². The van der Waals surface area contributed by atoms with Crippen molar-refractivity contribution in [2.75, 3.05) is 6.61 Å². The maximum Gasteiger partial charge on any atom is 0.251 e. The molecule has 1 unspecified atom stereocenters. The molecule has 0 aliphatic heterocycles. The van der Waals surface area contributed by atoms with Gasteiger partial charge in [0.05, 0.1) is 11.0 Å². The highest BCUT2D eigenvalue weighted by molar-refractivity contribution is 5.97. The van der Waals surface area contributed by atoms with Crippen LogP contribution in [0.2, 0.25) is 0 Å². The van der Waals surface area contributed by atoms with Crippen LogP contribution in [0.15, 0.2) is 73.2 Å². The molecule has 1 amide bonds. The quantitative estimate of drug-likeness (QED) is 0.448. The van der Waals surface area contributed by atoms with Crippen LogP contribution >= 0.6 is 0 Å². The number of pyridine rings is 1. The molecule has 2 heterocycles. The van der Waals surface area contributed by atoms with Crippen molar-refractivity contribution in [3.63, 3.8) is 0 Å². The lowest BCUT2D eigenvalue weighted by Gasteiger charge is -2.15. The van der Waals surface area contributed by atoms with E-state index >= 15 is 0 Å². The van der Waals surface area contributed by atoms with Crippen molar-refractivity contribution >= 4 is 16.9 Å². The summed E-state index contributed by atoms with van der Waals surface area (Å²) in [4.78, 5) is 20.9. The van der Waals surface area contributed by atoms with E-state index in [0.29, 0.717) is 18.1 Å². The molecule has 0 saturated heterocycles. The molecule has 1 N–H and O–H groups in total. The normalized spacial score (nSPS) is 12.0. The number of nitrogens with zero attached hydrogens (tertiary/aromatic N) is 3. The molecule has 1 atom stereocenters. The third-order valence-corrected chi connectivity index (χ3v) is 4.79. The van der Waals surface area contributed by atoms with Gasteiger partial charge >= 0.3 is 0 Å². The second-order valence-corrected chi connectivity index (χ2v) is 7.85. The number of nitrogens with one attached hydrogen (secondary N) is 1. The van der Waals surface area contributed by atoms with E-state index in [2.05, 4.69) is 15.3 Å². The Kier molecular flexibility index (Phi) is 6.35. The van der Waals surface area contributed by atoms with Crippen molar-refractivity contribution in [3.8, 4) is 17.3 Å². The Morgan fingerprint density at radius 1 is 1.03 bits per heavy atom. The number of hydrogen-bond acceptors (Lipinski definition) is 5. The molecular formula is C25H26N4O3. The highest BCUT2D eigenvalue weighted by Crippen LogP contribution is 2.22. The third-order valence-electron chi connectivity index (χ3n) is 4.79. The van der Waals surface area contributed by atoms with E-state index in [1.807, 2.05) is 86.0 Å². The fourth-order valence-corrected chi connectivity index (χ4v) is 3.28. The standard InChI is InChI=1S/C25H26N4O3/c1-17(2)28-25(30)19-7-12-23-22(14-19)27-16-29(23)20-8-10-21(11-9-20)31-15-18(3)32-24-6-4-5-13-26-24/h4-14,16-18H,15H2,1-3H3,(H,28,30). The van der Waals surface area contributed by atoms with Gasteiger partial charge in [0.2, 0.25) is 5.88 Å². The van der Waals surface area contributed by atoms with E-state index in [1.165, 1.54) is 0 Å². The van der Waals surface area contributed by atoms with Gasteiger partial charge in [-0.1, -0.05) is 6.07 Å². The van der Waals surface area contributed by atoms with Crippen LogP contribution in [0.25, 0.3) is 16.7 Å². The van der Waals surface area contributed by atoms with Crippen LogP contribution in [-0.4, -0.2) is 39.2 Å². The maximum absolute atomic E-state index is 12.3. The number of aromatic nitrogens is 3. The number of fused-ring (bicyclic) bond motifs is 1. The van der Waals surface area contributed by atoms with Crippen LogP contribution in [-0.2, 0) is 0 Å². The summed E-state index contributed by atoms with van der Waals surface area (Å²) in [5.41, 5.74) is 3.25. The number of benzene rings is 2. The molecule has 164 valence electrons. The van der Waals surface area contributed by atoms with E-state index in [1.54, 1.807) is 12.5 Å². The lowest BCUT2D eigenvalue weighted by Crippen LogP contribution is -2.29. The highest BCUT2D eigenvalue weighted by Gasteiger charge is 2.11. The summed E-state index contributed by atoms with van der Waals surface area (Å²) in [6.07, 6.45) is 3.32. The largest absolute Gasteiger partial charge is 0.490 e. The van der Waals surface area contributed by atoms with Gasteiger partial charge in [0.1, 0.15) is 24.8 Å². The second-order valence-electron chi connectivity index (χ2n) is 7.85. The Labute approximate surface area is 187 Å². The summed E-state index contributed by atoms with van der Waals surface area (Å²) in [5.74, 6) is 1.23. The average molecular weight is 431 g/mol. The van der Waals surface area contributed by atoms with Crippen molar-refractivity contribution in [1.82, 2.24) is 19.9 Å². The minimum absolute atomic E-state index is 0.0843. The molecule has 0 saturated carbocycles. The molecule has 0 spiro atoms. The summed E-state index contributed by atoms with van der Waals surface area (Å²) in [5, 5.41) is 2.90. The fourth-order valence-electron chi connectivity index (χ4n) is 3.28. The van der Waals surface area contributed by atoms with Crippen LogP contribution in [0, 0.1) is 0 Å². The zero-order valence-electron chi connectivity index (χ0n) is 18.4. The van der Waals surface area contributed by atoms with E-state index in [-0.39, 0.29) is 18.1 Å². The van der Waals surface area contributed by atoms with Crippen molar-refractivity contribution < 1.29 is 14.3 Å². The summed E-state index contributed by atoms with van der Waals surface area (Å²) in [7, 11) is 0. The van der Waals surface area contributed by atoms with Gasteiger partial charge in [0, 0.05) is 29.6 Å². The Morgan fingerprint density at radius 3 is 2.56 bits per heavy atom. The SMILES string of the molecule is CC(C)NC(=O)c1ccc2c(c1)ncn2-c1ccc(OCC(C)Oc2ccccn2)cc1. The number of carbonyl (C=O) groups excluding carboxylic acids is 1. The van der Waals surface area contributed by atoms with Gasteiger partial charge in [-0.2, -0.15) is 0 Å². The predicted molar refractivity (Wildman–Crippen MR) is 123 cm³/mol. The molecule has 0 radical (unpaired) electrons. The van der Waals surface area contributed by atoms with Gasteiger partial charge in [-0.05, 0) is 69.3 Å². The van der Waals surface area contributed by atoms with Gasteiger partial charge in [-0.25, -0.2) is 9.97 Å². The van der Waals surface area contributed by atoms with Crippen LogP contribution in [0.1, 0.15) is 31.1 Å². The first-order valence-corrected chi connectivity index (χ1v) is 10.6. The summed E-state index contributed by atoms with van der Waals surface area (Å²) in [6.45, 7) is 6.22. The van der Waals surface area contributed by atoms with Crippen molar-refractivity contribution in [2.45, 2.75) is 32.9 Å². The fraction of sp³-hybridized carbons (Fsp3) is 0.240. The molecule has 4 aromatic rings. The first-order valence-electron chi connectivity index (χ1n) is 10.6. The number of amides is 1. The lowest BCUT2D eigenvalue weighted by atomic mass is 10.1.